The highest BCUT2D eigenvalue weighted by molar-refractivity contribution is 6.02. The number of alkyl carbamates (subject to hydrolysis) is 1. The Morgan fingerprint density at radius 3 is 2.55 bits per heavy atom. The number of benzene rings is 2. The summed E-state index contributed by atoms with van der Waals surface area (Å²) in [6.45, 7) is 1.85. The first-order valence-corrected chi connectivity index (χ1v) is 10.5. The molecule has 9 nitrogen and oxygen atoms in total. The molecule has 0 aromatic heterocycles. The van der Waals surface area contributed by atoms with E-state index in [0.29, 0.717) is 29.7 Å². The molecule has 33 heavy (non-hydrogen) atoms. The van der Waals surface area contributed by atoms with Gasteiger partial charge in [-0.3, -0.25) is 20.1 Å². The molecule has 0 aliphatic carbocycles. The van der Waals surface area contributed by atoms with E-state index in [9.17, 15) is 14.4 Å². The van der Waals surface area contributed by atoms with Gasteiger partial charge < -0.3 is 14.6 Å². The van der Waals surface area contributed by atoms with Crippen LogP contribution in [0.3, 0.4) is 0 Å². The van der Waals surface area contributed by atoms with Gasteiger partial charge in [0.15, 0.2) is 0 Å². The monoisotopic (exact) mass is 456 g/mol. The number of ether oxygens (including phenoxy) is 2. The lowest BCUT2D eigenvalue weighted by atomic mass is 9.93. The van der Waals surface area contributed by atoms with Crippen molar-refractivity contribution in [3.05, 3.63) is 77.9 Å². The fourth-order valence-corrected chi connectivity index (χ4v) is 3.09. The van der Waals surface area contributed by atoms with Crippen molar-refractivity contribution >= 4 is 17.9 Å². The van der Waals surface area contributed by atoms with Gasteiger partial charge in [0.05, 0.1) is 6.61 Å². The molecule has 176 valence electrons. The van der Waals surface area contributed by atoms with Crippen LogP contribution in [0, 0.1) is 5.92 Å². The number of aliphatic hydroxyl groups is 1. The van der Waals surface area contributed by atoms with Crippen LogP contribution in [-0.4, -0.2) is 41.4 Å². The minimum absolute atomic E-state index is 0.119. The summed E-state index contributed by atoms with van der Waals surface area (Å²) in [4.78, 5) is 35.9. The molecule has 0 unspecified atom stereocenters. The fourth-order valence-electron chi connectivity index (χ4n) is 3.09. The predicted molar refractivity (Wildman–Crippen MR) is 120 cm³/mol. The molecule has 0 saturated heterocycles. The molecule has 2 atom stereocenters. The minimum atomic E-state index is -0.891. The van der Waals surface area contributed by atoms with Crippen molar-refractivity contribution in [1.29, 1.82) is 0 Å². The molecule has 3 amide bonds. The highest BCUT2D eigenvalue weighted by Crippen LogP contribution is 2.31. The van der Waals surface area contributed by atoms with Crippen molar-refractivity contribution in [2.24, 2.45) is 5.92 Å². The second-order valence-corrected chi connectivity index (χ2v) is 7.22. The molecule has 2 rings (SSSR count). The Hall–Kier alpha value is -3.69. The Balaban J connectivity index is 2.13. The first kappa shape index (κ1) is 25.6. The summed E-state index contributed by atoms with van der Waals surface area (Å²) < 4.78 is 11.1. The van der Waals surface area contributed by atoms with Crippen molar-refractivity contribution in [3.63, 3.8) is 0 Å². The van der Waals surface area contributed by atoms with Crippen LogP contribution in [0.4, 0.5) is 4.79 Å². The topological polar surface area (TPSA) is 134 Å². The maximum absolute atomic E-state index is 12.5. The molecule has 0 bridgehead atoms. The van der Waals surface area contributed by atoms with Crippen LogP contribution in [0.1, 0.15) is 41.8 Å². The summed E-state index contributed by atoms with van der Waals surface area (Å²) in [5.74, 6) is -0.909. The van der Waals surface area contributed by atoms with Gasteiger partial charge in [-0.15, -0.1) is 0 Å². The third-order valence-electron chi connectivity index (χ3n) is 4.72. The van der Waals surface area contributed by atoms with Gasteiger partial charge in [0.25, 0.3) is 11.8 Å². The highest BCUT2D eigenvalue weighted by Gasteiger charge is 2.25. The van der Waals surface area contributed by atoms with E-state index in [1.807, 2.05) is 6.92 Å². The summed E-state index contributed by atoms with van der Waals surface area (Å²) in [5.41, 5.74) is 2.49. The molecule has 0 radical (unpaired) electrons. The molecule has 4 N–H and O–H groups in total. The molecule has 0 heterocycles. The fraction of sp³-hybridized carbons (Fsp3) is 0.292. The first-order chi connectivity index (χ1) is 15.9. The van der Waals surface area contributed by atoms with Crippen LogP contribution in [0.25, 0.3) is 0 Å². The molecule has 2 aromatic rings. The summed E-state index contributed by atoms with van der Waals surface area (Å²) in [5, 5.41) is 19.8. The molecule has 2 aromatic carbocycles. The first-order valence-electron chi connectivity index (χ1n) is 10.5. The minimum Gasteiger partial charge on any atom is -0.491 e. The second-order valence-electron chi connectivity index (χ2n) is 7.22. The van der Waals surface area contributed by atoms with Gasteiger partial charge in [-0.2, -0.15) is 0 Å². The molecule has 9 heteroatoms. The summed E-state index contributed by atoms with van der Waals surface area (Å²) in [6, 6.07) is 15.2. The maximum Gasteiger partial charge on any atom is 0.414 e. The summed E-state index contributed by atoms with van der Waals surface area (Å²) in [6.07, 6.45) is 2.22. The zero-order valence-electron chi connectivity index (χ0n) is 18.3. The summed E-state index contributed by atoms with van der Waals surface area (Å²) >= 11 is 0. The normalized spacial score (nSPS) is 12.6. The van der Waals surface area contributed by atoms with Crippen molar-refractivity contribution in [2.75, 3.05) is 13.2 Å². The largest absolute Gasteiger partial charge is 0.491 e. The molecule has 0 spiro atoms. The number of hydrogen-bond acceptors (Lipinski definition) is 7. The van der Waals surface area contributed by atoms with E-state index in [1.54, 1.807) is 60.7 Å². The number of aliphatic hydroxyl groups excluding tert-OH is 1. The number of carbonyl (C=O) groups is 3. The number of allylic oxidation sites excluding steroid dienone is 1. The van der Waals surface area contributed by atoms with E-state index in [2.05, 4.69) is 5.32 Å². The van der Waals surface area contributed by atoms with Gasteiger partial charge in [0.2, 0.25) is 0 Å². The van der Waals surface area contributed by atoms with Gasteiger partial charge in [-0.25, -0.2) is 10.3 Å². The van der Waals surface area contributed by atoms with Crippen LogP contribution in [-0.2, 0) is 9.53 Å². The van der Waals surface area contributed by atoms with Gasteiger partial charge in [-0.1, -0.05) is 43.3 Å². The second kappa shape index (κ2) is 13.7. The van der Waals surface area contributed by atoms with Crippen molar-refractivity contribution in [1.82, 2.24) is 10.8 Å². The van der Waals surface area contributed by atoms with Gasteiger partial charge >= 0.3 is 6.09 Å². The molecule has 0 saturated carbocycles. The van der Waals surface area contributed by atoms with E-state index in [0.717, 1.165) is 0 Å². The van der Waals surface area contributed by atoms with Crippen LogP contribution in [0.2, 0.25) is 0 Å². The van der Waals surface area contributed by atoms with Gasteiger partial charge in [0, 0.05) is 11.6 Å². The predicted octanol–water partition coefficient (Wildman–Crippen LogP) is 3.14. The Morgan fingerprint density at radius 2 is 1.85 bits per heavy atom. The number of carbonyl (C=O) groups excluding carboxylic acids is 3. The van der Waals surface area contributed by atoms with E-state index >= 15 is 0 Å². The van der Waals surface area contributed by atoms with Gasteiger partial charge in [-0.05, 0) is 48.6 Å². The van der Waals surface area contributed by atoms with Crippen molar-refractivity contribution in [2.45, 2.75) is 25.9 Å². The Morgan fingerprint density at radius 1 is 1.09 bits per heavy atom. The molecule has 0 fully saturated rings. The van der Waals surface area contributed by atoms with E-state index in [1.165, 1.54) is 11.6 Å². The number of imide groups is 1. The quantitative estimate of drug-likeness (QED) is 0.232. The molecule has 0 aliphatic rings. The Bertz CT molecular complexity index is 947. The lowest BCUT2D eigenvalue weighted by Gasteiger charge is -2.25. The molecule has 0 aliphatic heterocycles. The SMILES string of the molecule is C[C@H](CC/C=C/C(=O)NO)[C@@H](OC(=O)NC(=O)c1ccccc1)c1cccc(OCCO)c1. The number of hydroxylamine groups is 1. The summed E-state index contributed by atoms with van der Waals surface area (Å²) in [7, 11) is 0. The number of nitrogens with one attached hydrogen (secondary N) is 2. The maximum atomic E-state index is 12.5. The lowest BCUT2D eigenvalue weighted by Crippen LogP contribution is -2.33. The van der Waals surface area contributed by atoms with Crippen molar-refractivity contribution in [3.8, 4) is 5.75 Å². The average Bonchev–Trinajstić information content (AvgIpc) is 2.84. The number of rotatable bonds is 11. The Kier molecular flexibility index (Phi) is 10.6. The van der Waals surface area contributed by atoms with Crippen LogP contribution in [0.5, 0.6) is 5.75 Å². The lowest BCUT2D eigenvalue weighted by molar-refractivity contribution is -0.124. The van der Waals surface area contributed by atoms with Crippen LogP contribution >= 0.6 is 0 Å². The van der Waals surface area contributed by atoms with Gasteiger partial charge in [0.1, 0.15) is 18.5 Å². The van der Waals surface area contributed by atoms with Crippen LogP contribution < -0.4 is 15.5 Å². The molecular formula is C24H28N2O7. The zero-order valence-corrected chi connectivity index (χ0v) is 18.3. The third-order valence-corrected chi connectivity index (χ3v) is 4.72. The number of hydrogen-bond donors (Lipinski definition) is 4. The van der Waals surface area contributed by atoms with Crippen LogP contribution in [0.15, 0.2) is 66.7 Å². The van der Waals surface area contributed by atoms with E-state index in [4.69, 9.17) is 19.8 Å². The average molecular weight is 456 g/mol. The zero-order chi connectivity index (χ0) is 24.1. The Labute approximate surface area is 192 Å². The smallest absolute Gasteiger partial charge is 0.414 e. The number of amides is 3. The standard InChI is InChI=1S/C24H28N2O7/c1-17(8-5-6-13-21(28)26-31)22(19-11-7-12-20(16-19)32-15-14-27)33-24(30)25-23(29)18-9-3-2-4-10-18/h2-4,6-7,9-13,16-17,22,27,31H,5,8,14-15H2,1H3,(H,26,28)(H,25,29,30)/b13-6+/t17-,22-/m1/s1. The van der Waals surface area contributed by atoms with Crippen molar-refractivity contribution < 1.29 is 34.2 Å². The van der Waals surface area contributed by atoms with E-state index in [-0.39, 0.29) is 19.1 Å². The highest BCUT2D eigenvalue weighted by atomic mass is 16.6. The van der Waals surface area contributed by atoms with E-state index < -0.39 is 24.0 Å². The molecular weight excluding hydrogens is 428 g/mol. The third kappa shape index (κ3) is 8.76.